The van der Waals surface area contributed by atoms with Gasteiger partial charge in [-0.3, -0.25) is 4.79 Å². The van der Waals surface area contributed by atoms with E-state index < -0.39 is 0 Å². The first-order chi connectivity index (χ1) is 8.34. The molecule has 1 aliphatic carbocycles. The van der Waals surface area contributed by atoms with E-state index in [2.05, 4.69) is 42.5 Å². The second kappa shape index (κ2) is 4.33. The lowest BCUT2D eigenvalue weighted by molar-refractivity contribution is -0.129. The molecule has 1 unspecified atom stereocenters. The maximum atomic E-state index is 11.3. The molecule has 1 heteroatoms. The third-order valence-corrected chi connectivity index (χ3v) is 3.84. The van der Waals surface area contributed by atoms with Crippen molar-refractivity contribution in [3.63, 3.8) is 0 Å². The summed E-state index contributed by atoms with van der Waals surface area (Å²) in [4.78, 5) is 11.3. The molecule has 0 heterocycles. The van der Waals surface area contributed by atoms with Crippen LogP contribution in [0.4, 0.5) is 0 Å². The average molecular weight is 224 g/mol. The number of hydrogen-bond acceptors (Lipinski definition) is 1. The summed E-state index contributed by atoms with van der Waals surface area (Å²) in [5, 5.41) is 2.63. The van der Waals surface area contributed by atoms with Crippen LogP contribution in [0.5, 0.6) is 0 Å². The molecule has 0 saturated heterocycles. The number of benzene rings is 2. The maximum Gasteiger partial charge on any atom is 0.136 e. The summed E-state index contributed by atoms with van der Waals surface area (Å²) >= 11 is 0. The van der Waals surface area contributed by atoms with Crippen molar-refractivity contribution in [3.05, 3.63) is 48.0 Å². The Hall–Kier alpha value is -1.63. The van der Waals surface area contributed by atoms with Gasteiger partial charge in [0, 0.05) is 12.3 Å². The van der Waals surface area contributed by atoms with E-state index >= 15 is 0 Å². The van der Waals surface area contributed by atoms with Crippen LogP contribution >= 0.6 is 0 Å². The second-order valence-electron chi connectivity index (χ2n) is 4.88. The van der Waals surface area contributed by atoms with Gasteiger partial charge in [-0.2, -0.15) is 0 Å². The summed E-state index contributed by atoms with van der Waals surface area (Å²) in [7, 11) is 0. The van der Waals surface area contributed by atoms with Gasteiger partial charge in [-0.05, 0) is 35.6 Å². The van der Waals surface area contributed by atoms with Crippen molar-refractivity contribution >= 4 is 16.6 Å². The van der Waals surface area contributed by atoms with Crippen LogP contribution in [0.3, 0.4) is 0 Å². The molecule has 1 nitrogen and oxygen atoms in total. The number of carbonyl (C=O) groups is 1. The number of rotatable bonds is 3. The number of hydrogen-bond donors (Lipinski definition) is 0. The van der Waals surface area contributed by atoms with Gasteiger partial charge in [-0.1, -0.05) is 42.5 Å². The van der Waals surface area contributed by atoms with Crippen molar-refractivity contribution in [1.82, 2.24) is 0 Å². The van der Waals surface area contributed by atoms with Crippen molar-refractivity contribution < 1.29 is 4.79 Å². The zero-order valence-electron chi connectivity index (χ0n) is 9.86. The Morgan fingerprint density at radius 3 is 2.65 bits per heavy atom. The minimum absolute atomic E-state index is 0.342. The number of ketones is 1. The molecule has 2 aromatic carbocycles. The van der Waals surface area contributed by atoms with Crippen LogP contribution in [-0.4, -0.2) is 5.78 Å². The first kappa shape index (κ1) is 10.5. The summed E-state index contributed by atoms with van der Waals surface area (Å²) in [5.41, 5.74) is 1.38. The molecule has 1 fully saturated rings. The fraction of sp³-hybridized carbons (Fsp3) is 0.312. The molecule has 0 spiro atoms. The Morgan fingerprint density at radius 1 is 1.06 bits per heavy atom. The first-order valence-electron chi connectivity index (χ1n) is 6.34. The summed E-state index contributed by atoms with van der Waals surface area (Å²) in [5.74, 6) is 0.805. The van der Waals surface area contributed by atoms with Gasteiger partial charge < -0.3 is 0 Å². The molecule has 0 bridgehead atoms. The number of carbonyl (C=O) groups excluding carboxylic acids is 1. The van der Waals surface area contributed by atoms with Crippen molar-refractivity contribution in [2.24, 2.45) is 5.92 Å². The van der Waals surface area contributed by atoms with Gasteiger partial charge >= 0.3 is 0 Å². The molecule has 86 valence electrons. The smallest absolute Gasteiger partial charge is 0.136 e. The predicted molar refractivity (Wildman–Crippen MR) is 70.0 cm³/mol. The molecular formula is C16H16O. The molecule has 0 amide bonds. The molecule has 17 heavy (non-hydrogen) atoms. The van der Waals surface area contributed by atoms with E-state index in [4.69, 9.17) is 0 Å². The topological polar surface area (TPSA) is 17.1 Å². The molecular weight excluding hydrogens is 208 g/mol. The van der Waals surface area contributed by atoms with Gasteiger partial charge in [0.25, 0.3) is 0 Å². The fourth-order valence-electron chi connectivity index (χ4n) is 2.61. The summed E-state index contributed by atoms with van der Waals surface area (Å²) in [6, 6.07) is 14.9. The molecule has 0 N–H and O–H groups in total. The Bertz CT molecular complexity index is 551. The van der Waals surface area contributed by atoms with E-state index in [1.165, 1.54) is 16.3 Å². The van der Waals surface area contributed by atoms with Crippen LogP contribution in [0, 0.1) is 5.92 Å². The minimum Gasteiger partial charge on any atom is -0.299 e. The Kier molecular flexibility index (Phi) is 2.68. The van der Waals surface area contributed by atoms with Crippen LogP contribution in [0.1, 0.15) is 24.8 Å². The third-order valence-electron chi connectivity index (χ3n) is 3.84. The second-order valence-corrected chi connectivity index (χ2v) is 4.88. The highest BCUT2D eigenvalue weighted by molar-refractivity contribution is 5.87. The normalized spacial score (nSPS) is 19.3. The summed E-state index contributed by atoms with van der Waals surface area (Å²) in [6.07, 6.45) is 3.95. The molecule has 0 aliphatic heterocycles. The Morgan fingerprint density at radius 2 is 1.88 bits per heavy atom. The van der Waals surface area contributed by atoms with E-state index in [-0.39, 0.29) is 0 Å². The van der Waals surface area contributed by atoms with Crippen molar-refractivity contribution in [3.8, 4) is 0 Å². The molecule has 0 radical (unpaired) electrons. The van der Waals surface area contributed by atoms with Crippen LogP contribution in [0.25, 0.3) is 10.8 Å². The van der Waals surface area contributed by atoms with E-state index in [1.807, 2.05) is 0 Å². The van der Waals surface area contributed by atoms with Gasteiger partial charge in [-0.15, -0.1) is 0 Å². The predicted octanol–water partition coefficient (Wildman–Crippen LogP) is 3.75. The molecule has 3 rings (SSSR count). The SMILES string of the molecule is O=C1CCC1CCc1cccc2ccccc12. The van der Waals surface area contributed by atoms with Crippen LogP contribution in [-0.2, 0) is 11.2 Å². The van der Waals surface area contributed by atoms with Crippen LogP contribution in [0.2, 0.25) is 0 Å². The lowest BCUT2D eigenvalue weighted by Crippen LogP contribution is -2.25. The van der Waals surface area contributed by atoms with E-state index in [0.29, 0.717) is 11.7 Å². The molecule has 1 aliphatic rings. The highest BCUT2D eigenvalue weighted by Gasteiger charge is 2.27. The van der Waals surface area contributed by atoms with E-state index in [1.54, 1.807) is 0 Å². The number of Topliss-reactive ketones (excluding diaryl/α,β-unsaturated/α-hetero) is 1. The van der Waals surface area contributed by atoms with Crippen molar-refractivity contribution in [2.45, 2.75) is 25.7 Å². The Balaban J connectivity index is 1.82. The van der Waals surface area contributed by atoms with Gasteiger partial charge in [0.05, 0.1) is 0 Å². The fourth-order valence-corrected chi connectivity index (χ4v) is 2.61. The van der Waals surface area contributed by atoms with Crippen molar-refractivity contribution in [2.75, 3.05) is 0 Å². The summed E-state index contributed by atoms with van der Waals surface area (Å²) < 4.78 is 0. The van der Waals surface area contributed by atoms with E-state index in [0.717, 1.165) is 25.7 Å². The van der Waals surface area contributed by atoms with E-state index in [9.17, 15) is 4.79 Å². The standard InChI is InChI=1S/C16H16O/c17-16-11-10-14(16)9-8-13-6-3-5-12-4-1-2-7-15(12)13/h1-7,14H,8-11H2. The Labute approximate surface area is 101 Å². The zero-order valence-corrected chi connectivity index (χ0v) is 9.86. The number of fused-ring (bicyclic) bond motifs is 1. The lowest BCUT2D eigenvalue weighted by atomic mass is 9.79. The molecule has 1 saturated carbocycles. The van der Waals surface area contributed by atoms with Gasteiger partial charge in [0.1, 0.15) is 5.78 Å². The summed E-state index contributed by atoms with van der Waals surface area (Å²) in [6.45, 7) is 0. The number of aryl methyl sites for hydroxylation is 1. The van der Waals surface area contributed by atoms with Crippen LogP contribution < -0.4 is 0 Å². The highest BCUT2D eigenvalue weighted by Crippen LogP contribution is 2.28. The van der Waals surface area contributed by atoms with Gasteiger partial charge in [-0.25, -0.2) is 0 Å². The van der Waals surface area contributed by atoms with Gasteiger partial charge in [0.2, 0.25) is 0 Å². The first-order valence-corrected chi connectivity index (χ1v) is 6.34. The van der Waals surface area contributed by atoms with Crippen molar-refractivity contribution in [1.29, 1.82) is 0 Å². The maximum absolute atomic E-state index is 11.3. The molecule has 1 atom stereocenters. The quantitative estimate of drug-likeness (QED) is 0.776. The lowest BCUT2D eigenvalue weighted by Gasteiger charge is -2.23. The van der Waals surface area contributed by atoms with Crippen LogP contribution in [0.15, 0.2) is 42.5 Å². The largest absolute Gasteiger partial charge is 0.299 e. The monoisotopic (exact) mass is 224 g/mol. The molecule has 2 aromatic rings. The minimum atomic E-state index is 0.342. The van der Waals surface area contributed by atoms with Gasteiger partial charge in [0.15, 0.2) is 0 Å². The third kappa shape index (κ3) is 1.97. The highest BCUT2D eigenvalue weighted by atomic mass is 16.1. The average Bonchev–Trinajstić information content (AvgIpc) is 2.37. The molecule has 0 aromatic heterocycles. The zero-order chi connectivity index (χ0) is 11.7.